The molecule has 6 rings (SSSR count). The first-order valence-corrected chi connectivity index (χ1v) is 18.2. The second-order valence-electron chi connectivity index (χ2n) is 13.0. The zero-order valence-corrected chi connectivity index (χ0v) is 29.3. The quantitative estimate of drug-likeness (QED) is 0.190. The first kappa shape index (κ1) is 32.9. The van der Waals surface area contributed by atoms with E-state index in [0.29, 0.717) is 23.1 Å². The third-order valence-electron chi connectivity index (χ3n) is 9.67. The molecule has 0 unspecified atom stereocenters. The molecule has 1 N–H and O–H groups in total. The Labute approximate surface area is 280 Å². The molecule has 10 nitrogen and oxygen atoms in total. The highest BCUT2D eigenvalue weighted by Gasteiger charge is 2.41. The van der Waals surface area contributed by atoms with Gasteiger partial charge in [-0.05, 0) is 78.6 Å². The molecule has 2 atom stereocenters. The average molecular weight is 672 g/mol. The van der Waals surface area contributed by atoms with E-state index in [1.807, 2.05) is 63.6 Å². The van der Waals surface area contributed by atoms with Crippen LogP contribution in [0.1, 0.15) is 73.4 Å². The molecule has 0 fully saturated rings. The fraction of sp³-hybridized carbons (Fsp3) is 0.400. The second kappa shape index (κ2) is 12.9. The molecule has 246 valence electrons. The molecule has 5 aromatic rings. The Hall–Kier alpha value is -4.00. The summed E-state index contributed by atoms with van der Waals surface area (Å²) in [5.41, 5.74) is 6.35. The number of nitrogens with zero attached hydrogens (tertiary/aromatic N) is 6. The Morgan fingerprint density at radius 1 is 1.11 bits per heavy atom. The summed E-state index contributed by atoms with van der Waals surface area (Å²) < 4.78 is 35.7. The van der Waals surface area contributed by atoms with Gasteiger partial charge in [0.15, 0.2) is 0 Å². The maximum absolute atomic E-state index is 14.1. The topological polar surface area (TPSA) is 123 Å². The summed E-state index contributed by atoms with van der Waals surface area (Å²) in [4.78, 5) is 18.6. The lowest BCUT2D eigenvalue weighted by Gasteiger charge is -2.35. The molecule has 0 aliphatic carbocycles. The number of anilines is 1. The smallest absolute Gasteiger partial charge is 0.243 e. The van der Waals surface area contributed by atoms with Crippen molar-refractivity contribution in [3.8, 4) is 0 Å². The zero-order chi connectivity index (χ0) is 33.5. The highest BCUT2D eigenvalue weighted by Crippen LogP contribution is 2.45. The molecule has 0 spiro atoms. The first-order valence-electron chi connectivity index (χ1n) is 16.0. The van der Waals surface area contributed by atoms with Crippen LogP contribution in [0, 0.1) is 25.2 Å². The van der Waals surface area contributed by atoms with Crippen LogP contribution in [0.5, 0.6) is 0 Å². The van der Waals surface area contributed by atoms with Crippen LogP contribution in [-0.2, 0) is 34.3 Å². The van der Waals surface area contributed by atoms with E-state index < -0.39 is 21.4 Å². The highest BCUT2D eigenvalue weighted by molar-refractivity contribution is 7.89. The molecular weight excluding hydrogens is 631 g/mol. The van der Waals surface area contributed by atoms with Gasteiger partial charge in [-0.1, -0.05) is 74.9 Å². The van der Waals surface area contributed by atoms with Crippen LogP contribution < -0.4 is 5.32 Å². The van der Waals surface area contributed by atoms with E-state index in [1.54, 1.807) is 16.4 Å². The maximum atomic E-state index is 14.1. The summed E-state index contributed by atoms with van der Waals surface area (Å²) in [7, 11) is -3.72. The molecule has 1 amide bonds. The Balaban J connectivity index is 1.46. The van der Waals surface area contributed by atoms with Gasteiger partial charge >= 0.3 is 0 Å². The Kier molecular flexibility index (Phi) is 9.03. The van der Waals surface area contributed by atoms with Crippen molar-refractivity contribution in [2.75, 3.05) is 11.9 Å². The van der Waals surface area contributed by atoms with E-state index >= 15 is 0 Å². The number of aryl methyl sites for hydroxylation is 3. The third-order valence-corrected chi connectivity index (χ3v) is 12.2. The van der Waals surface area contributed by atoms with E-state index in [-0.39, 0.29) is 18.4 Å². The number of amides is 1. The standard InChI is InChI=1S/C35H41N7O3S2/c1-7-24-17-25-11-9-10-12-30(25)47(44,45)41(19-24)20-27-18-26(14-13-22(27)3)31(35(5,6)33(43)38-34-36-21-37-46-34)28-15-16-29-32(23(28)4)39-40-42(29)8-2/h9-16,18,21,24,31H,7-8,17,19-20H2,1-6H3,(H,36,37,38,43)/t24-,31-/m0/s1. The van der Waals surface area contributed by atoms with Gasteiger partial charge in [0.2, 0.25) is 21.1 Å². The minimum absolute atomic E-state index is 0.199. The number of benzene rings is 3. The Morgan fingerprint density at radius 3 is 2.62 bits per heavy atom. The van der Waals surface area contributed by atoms with Crippen LogP contribution in [0.2, 0.25) is 0 Å². The first-order chi connectivity index (χ1) is 22.4. The molecule has 0 radical (unpaired) electrons. The summed E-state index contributed by atoms with van der Waals surface area (Å²) in [6.45, 7) is 13.4. The molecule has 1 aliphatic heterocycles. The van der Waals surface area contributed by atoms with Crippen molar-refractivity contribution < 1.29 is 13.2 Å². The Morgan fingerprint density at radius 2 is 1.89 bits per heavy atom. The van der Waals surface area contributed by atoms with E-state index in [1.165, 1.54) is 6.33 Å². The number of rotatable bonds is 9. The van der Waals surface area contributed by atoms with Gasteiger partial charge < -0.3 is 5.32 Å². The van der Waals surface area contributed by atoms with Gasteiger partial charge in [-0.25, -0.2) is 18.1 Å². The van der Waals surface area contributed by atoms with Crippen LogP contribution >= 0.6 is 11.5 Å². The number of carbonyl (C=O) groups is 1. The lowest BCUT2D eigenvalue weighted by Crippen LogP contribution is -2.37. The highest BCUT2D eigenvalue weighted by atomic mass is 32.2. The van der Waals surface area contributed by atoms with Crippen molar-refractivity contribution in [1.82, 2.24) is 28.7 Å². The van der Waals surface area contributed by atoms with Gasteiger partial charge in [-0.15, -0.1) is 5.10 Å². The monoisotopic (exact) mass is 671 g/mol. The van der Waals surface area contributed by atoms with Gasteiger partial charge in [-0.2, -0.15) is 8.68 Å². The van der Waals surface area contributed by atoms with Crippen LogP contribution in [0.3, 0.4) is 0 Å². The second-order valence-corrected chi connectivity index (χ2v) is 15.7. The van der Waals surface area contributed by atoms with Crippen molar-refractivity contribution >= 4 is 43.6 Å². The average Bonchev–Trinajstić information content (AvgIpc) is 3.71. The van der Waals surface area contributed by atoms with E-state index in [9.17, 15) is 13.2 Å². The van der Waals surface area contributed by atoms with Crippen LogP contribution in [0.15, 0.2) is 65.8 Å². The summed E-state index contributed by atoms with van der Waals surface area (Å²) in [5.74, 6) is -0.398. The number of sulfonamides is 1. The normalized spacial score (nSPS) is 17.3. The predicted octanol–water partition coefficient (Wildman–Crippen LogP) is 6.49. The van der Waals surface area contributed by atoms with Crippen molar-refractivity contribution in [1.29, 1.82) is 0 Å². The third kappa shape index (κ3) is 6.10. The molecular formula is C35H41N7O3S2. The lowest BCUT2D eigenvalue weighted by atomic mass is 9.69. The molecule has 0 saturated carbocycles. The largest absolute Gasteiger partial charge is 0.300 e. The number of carbonyl (C=O) groups excluding carboxylic acids is 1. The van der Waals surface area contributed by atoms with Gasteiger partial charge in [-0.3, -0.25) is 4.79 Å². The summed E-state index contributed by atoms with van der Waals surface area (Å²) in [6, 6.07) is 17.6. The SMILES string of the molecule is CC[C@H]1Cc2ccccc2S(=O)(=O)N(Cc2cc([C@@H](c3ccc4c(nnn4CC)c3C)C(C)(C)C(=O)Nc3ncns3)ccc2C)C1. The van der Waals surface area contributed by atoms with Crippen molar-refractivity contribution in [2.24, 2.45) is 11.3 Å². The van der Waals surface area contributed by atoms with Crippen LogP contribution in [0.4, 0.5) is 5.13 Å². The molecule has 12 heteroatoms. The van der Waals surface area contributed by atoms with Crippen molar-refractivity contribution in [3.63, 3.8) is 0 Å². The molecule has 0 bridgehead atoms. The number of aromatic nitrogens is 5. The lowest BCUT2D eigenvalue weighted by molar-refractivity contribution is -0.124. The fourth-order valence-electron chi connectivity index (χ4n) is 6.81. The van der Waals surface area contributed by atoms with Crippen LogP contribution in [0.25, 0.3) is 11.0 Å². The molecule has 3 heterocycles. The van der Waals surface area contributed by atoms with Crippen LogP contribution in [-0.4, -0.2) is 49.5 Å². The van der Waals surface area contributed by atoms with Gasteiger partial charge in [0.25, 0.3) is 0 Å². The van der Waals surface area contributed by atoms with Gasteiger partial charge in [0.05, 0.1) is 15.8 Å². The molecule has 2 aromatic heterocycles. The molecule has 1 aliphatic rings. The Bertz CT molecular complexity index is 2040. The minimum atomic E-state index is -3.72. The van der Waals surface area contributed by atoms with E-state index in [2.05, 4.69) is 50.1 Å². The molecule has 0 saturated heterocycles. The number of hydrogen-bond donors (Lipinski definition) is 1. The molecule has 47 heavy (non-hydrogen) atoms. The minimum Gasteiger partial charge on any atom is -0.300 e. The summed E-state index contributed by atoms with van der Waals surface area (Å²) in [5, 5.41) is 12.3. The van der Waals surface area contributed by atoms with Gasteiger partial charge in [0, 0.05) is 37.1 Å². The van der Waals surface area contributed by atoms with Crippen molar-refractivity contribution in [2.45, 2.75) is 78.3 Å². The van der Waals surface area contributed by atoms with Gasteiger partial charge in [0.1, 0.15) is 11.8 Å². The van der Waals surface area contributed by atoms with Crippen molar-refractivity contribution in [3.05, 3.63) is 94.3 Å². The molecule has 3 aromatic carbocycles. The summed E-state index contributed by atoms with van der Waals surface area (Å²) >= 11 is 1.13. The number of nitrogens with one attached hydrogen (secondary N) is 1. The number of fused-ring (bicyclic) bond motifs is 2. The zero-order valence-electron chi connectivity index (χ0n) is 27.7. The van der Waals surface area contributed by atoms with E-state index in [0.717, 1.165) is 68.8 Å². The fourth-order valence-corrected chi connectivity index (χ4v) is 8.97. The maximum Gasteiger partial charge on any atom is 0.243 e. The van der Waals surface area contributed by atoms with E-state index in [4.69, 9.17) is 0 Å². The predicted molar refractivity (Wildman–Crippen MR) is 185 cm³/mol. The number of hydrogen-bond acceptors (Lipinski definition) is 8. The summed E-state index contributed by atoms with van der Waals surface area (Å²) in [6.07, 6.45) is 3.03.